The van der Waals surface area contributed by atoms with Gasteiger partial charge in [0.25, 0.3) is 5.91 Å². The van der Waals surface area contributed by atoms with Gasteiger partial charge in [0.05, 0.1) is 6.54 Å². The van der Waals surface area contributed by atoms with E-state index in [4.69, 9.17) is 5.11 Å². The molecule has 1 heterocycles. The minimum atomic E-state index is -0.819. The fourth-order valence-corrected chi connectivity index (χ4v) is 2.95. The fourth-order valence-electron chi connectivity index (χ4n) is 2.95. The summed E-state index contributed by atoms with van der Waals surface area (Å²) in [7, 11) is 0. The molecule has 1 aliphatic rings. The van der Waals surface area contributed by atoms with Gasteiger partial charge in [-0.1, -0.05) is 31.5 Å². The SMILES string of the molecule is CCC[C@H]1CN(CC(=O)O)C[C@@H]1NC(=O)c1ccccc1.Cl. The molecule has 0 radical (unpaired) electrons. The first-order valence-electron chi connectivity index (χ1n) is 7.40. The Balaban J connectivity index is 0.00000242. The molecule has 1 aromatic carbocycles. The molecule has 2 N–H and O–H groups in total. The number of hydrogen-bond donors (Lipinski definition) is 2. The summed E-state index contributed by atoms with van der Waals surface area (Å²) in [6.07, 6.45) is 2.03. The Labute approximate surface area is 137 Å². The van der Waals surface area contributed by atoms with E-state index in [0.717, 1.165) is 19.4 Å². The predicted molar refractivity (Wildman–Crippen MR) is 87.4 cm³/mol. The highest BCUT2D eigenvalue weighted by Crippen LogP contribution is 2.22. The van der Waals surface area contributed by atoms with Gasteiger partial charge in [-0.3, -0.25) is 14.5 Å². The van der Waals surface area contributed by atoms with Crippen molar-refractivity contribution >= 4 is 24.3 Å². The standard InChI is InChI=1S/C16H22N2O3.ClH/c1-2-6-13-9-18(11-15(19)20)10-14(13)17-16(21)12-7-4-3-5-8-12;/h3-5,7-8,13-14H,2,6,9-11H2,1H3,(H,17,21)(H,19,20);1H/t13-,14-;/m0./s1. The van der Waals surface area contributed by atoms with Crippen LogP contribution in [0.3, 0.4) is 0 Å². The second-order valence-electron chi connectivity index (χ2n) is 5.58. The fraction of sp³-hybridized carbons (Fsp3) is 0.500. The van der Waals surface area contributed by atoms with Crippen LogP contribution in [0.15, 0.2) is 30.3 Å². The number of nitrogens with one attached hydrogen (secondary N) is 1. The molecule has 6 heteroatoms. The average molecular weight is 327 g/mol. The number of aliphatic carboxylic acids is 1. The molecule has 22 heavy (non-hydrogen) atoms. The van der Waals surface area contributed by atoms with Gasteiger partial charge in [0, 0.05) is 24.7 Å². The molecule has 0 aromatic heterocycles. The molecule has 0 aliphatic carbocycles. The van der Waals surface area contributed by atoms with Crippen molar-refractivity contribution in [1.82, 2.24) is 10.2 Å². The largest absolute Gasteiger partial charge is 0.480 e. The van der Waals surface area contributed by atoms with Crippen molar-refractivity contribution in [1.29, 1.82) is 0 Å². The third-order valence-corrected chi connectivity index (χ3v) is 3.89. The van der Waals surface area contributed by atoms with Crippen LogP contribution in [0.2, 0.25) is 0 Å². The molecule has 1 amide bonds. The number of halogens is 1. The molecular formula is C16H23ClN2O3. The Morgan fingerprint density at radius 1 is 1.27 bits per heavy atom. The zero-order valence-electron chi connectivity index (χ0n) is 12.7. The maximum absolute atomic E-state index is 12.2. The van der Waals surface area contributed by atoms with E-state index in [1.807, 2.05) is 23.1 Å². The van der Waals surface area contributed by atoms with Crippen molar-refractivity contribution in [3.05, 3.63) is 35.9 Å². The van der Waals surface area contributed by atoms with Crippen molar-refractivity contribution in [3.8, 4) is 0 Å². The molecule has 2 rings (SSSR count). The normalized spacial score (nSPS) is 21.1. The smallest absolute Gasteiger partial charge is 0.317 e. The van der Waals surface area contributed by atoms with Crippen LogP contribution in [0.25, 0.3) is 0 Å². The van der Waals surface area contributed by atoms with E-state index >= 15 is 0 Å². The molecule has 1 saturated heterocycles. The van der Waals surface area contributed by atoms with Crippen LogP contribution >= 0.6 is 12.4 Å². The van der Waals surface area contributed by atoms with Gasteiger partial charge >= 0.3 is 5.97 Å². The number of carbonyl (C=O) groups excluding carboxylic acids is 1. The second kappa shape index (κ2) is 8.76. The van der Waals surface area contributed by atoms with Crippen molar-refractivity contribution in [2.45, 2.75) is 25.8 Å². The Hall–Kier alpha value is -1.59. The van der Waals surface area contributed by atoms with Crippen LogP contribution in [0.1, 0.15) is 30.1 Å². The highest BCUT2D eigenvalue weighted by atomic mass is 35.5. The lowest BCUT2D eigenvalue weighted by molar-refractivity contribution is -0.138. The molecule has 2 atom stereocenters. The summed E-state index contributed by atoms with van der Waals surface area (Å²) in [6, 6.07) is 9.15. The highest BCUT2D eigenvalue weighted by molar-refractivity contribution is 5.94. The van der Waals surface area contributed by atoms with Crippen LogP contribution < -0.4 is 5.32 Å². The molecule has 0 bridgehead atoms. The van der Waals surface area contributed by atoms with Gasteiger partial charge in [0.1, 0.15) is 0 Å². The quantitative estimate of drug-likeness (QED) is 0.839. The molecular weight excluding hydrogens is 304 g/mol. The number of amides is 1. The van der Waals surface area contributed by atoms with Gasteiger partial charge in [0.2, 0.25) is 0 Å². The van der Waals surface area contributed by atoms with Gasteiger partial charge in [-0.05, 0) is 24.5 Å². The summed E-state index contributed by atoms with van der Waals surface area (Å²) < 4.78 is 0. The zero-order chi connectivity index (χ0) is 15.2. The first-order valence-corrected chi connectivity index (χ1v) is 7.40. The number of rotatable bonds is 6. The topological polar surface area (TPSA) is 69.6 Å². The lowest BCUT2D eigenvalue weighted by atomic mass is 9.98. The monoisotopic (exact) mass is 326 g/mol. The highest BCUT2D eigenvalue weighted by Gasteiger charge is 2.33. The van der Waals surface area contributed by atoms with Gasteiger partial charge in [-0.15, -0.1) is 12.4 Å². The number of nitrogens with zero attached hydrogens (tertiary/aromatic N) is 1. The van der Waals surface area contributed by atoms with Crippen molar-refractivity contribution in [2.24, 2.45) is 5.92 Å². The third-order valence-electron chi connectivity index (χ3n) is 3.89. The maximum atomic E-state index is 12.2. The van der Waals surface area contributed by atoms with E-state index in [2.05, 4.69) is 12.2 Å². The number of carboxylic acids is 1. The summed E-state index contributed by atoms with van der Waals surface area (Å²) in [5.41, 5.74) is 0.643. The summed E-state index contributed by atoms with van der Waals surface area (Å²) >= 11 is 0. The Kier molecular flexibility index (Phi) is 7.35. The lowest BCUT2D eigenvalue weighted by Gasteiger charge is -2.19. The molecule has 1 aromatic rings. The van der Waals surface area contributed by atoms with Crippen LogP contribution in [-0.4, -0.2) is 47.6 Å². The van der Waals surface area contributed by atoms with E-state index in [-0.39, 0.29) is 30.9 Å². The molecule has 1 aliphatic heterocycles. The van der Waals surface area contributed by atoms with E-state index in [1.54, 1.807) is 12.1 Å². The first kappa shape index (κ1) is 18.5. The Morgan fingerprint density at radius 2 is 1.95 bits per heavy atom. The predicted octanol–water partition coefficient (Wildman–Crippen LogP) is 2.02. The van der Waals surface area contributed by atoms with Gasteiger partial charge in [-0.25, -0.2) is 0 Å². The van der Waals surface area contributed by atoms with E-state index in [1.165, 1.54) is 0 Å². The lowest BCUT2D eigenvalue weighted by Crippen LogP contribution is -2.40. The van der Waals surface area contributed by atoms with Crippen LogP contribution in [0, 0.1) is 5.92 Å². The number of likely N-dealkylation sites (tertiary alicyclic amines) is 1. The molecule has 5 nitrogen and oxygen atoms in total. The van der Waals surface area contributed by atoms with Gasteiger partial charge in [-0.2, -0.15) is 0 Å². The first-order chi connectivity index (χ1) is 10.1. The Morgan fingerprint density at radius 3 is 2.55 bits per heavy atom. The van der Waals surface area contributed by atoms with E-state index < -0.39 is 5.97 Å². The number of hydrogen-bond acceptors (Lipinski definition) is 3. The van der Waals surface area contributed by atoms with Crippen molar-refractivity contribution < 1.29 is 14.7 Å². The second-order valence-corrected chi connectivity index (χ2v) is 5.58. The Bertz CT molecular complexity index is 495. The van der Waals surface area contributed by atoms with Crippen LogP contribution in [0.4, 0.5) is 0 Å². The zero-order valence-corrected chi connectivity index (χ0v) is 13.5. The minimum absolute atomic E-state index is 0. The third kappa shape index (κ3) is 5.00. The summed E-state index contributed by atoms with van der Waals surface area (Å²) in [4.78, 5) is 25.0. The minimum Gasteiger partial charge on any atom is -0.480 e. The van der Waals surface area contributed by atoms with E-state index in [9.17, 15) is 9.59 Å². The molecule has 0 unspecified atom stereocenters. The molecule has 0 spiro atoms. The van der Waals surface area contributed by atoms with Crippen LogP contribution in [0.5, 0.6) is 0 Å². The average Bonchev–Trinajstić information content (AvgIpc) is 2.81. The molecule has 0 saturated carbocycles. The summed E-state index contributed by atoms with van der Waals surface area (Å²) in [5, 5.41) is 12.0. The van der Waals surface area contributed by atoms with Crippen molar-refractivity contribution in [2.75, 3.05) is 19.6 Å². The molecule has 1 fully saturated rings. The maximum Gasteiger partial charge on any atom is 0.317 e. The van der Waals surface area contributed by atoms with Gasteiger partial charge in [0.15, 0.2) is 0 Å². The van der Waals surface area contributed by atoms with E-state index in [0.29, 0.717) is 18.0 Å². The number of carbonyl (C=O) groups is 2. The molecule has 122 valence electrons. The van der Waals surface area contributed by atoms with Crippen molar-refractivity contribution in [3.63, 3.8) is 0 Å². The summed E-state index contributed by atoms with van der Waals surface area (Å²) in [5.74, 6) is -0.582. The van der Waals surface area contributed by atoms with Crippen LogP contribution in [-0.2, 0) is 4.79 Å². The number of benzene rings is 1. The summed E-state index contributed by atoms with van der Waals surface area (Å²) in [6.45, 7) is 3.49. The number of carboxylic acid groups (broad SMARTS) is 1. The van der Waals surface area contributed by atoms with Gasteiger partial charge < -0.3 is 10.4 Å².